The van der Waals surface area contributed by atoms with Crippen molar-refractivity contribution in [3.8, 4) is 39.1 Å². The molecule has 3 heteroatoms. The Labute approximate surface area is 371 Å². The summed E-state index contributed by atoms with van der Waals surface area (Å²) in [6.07, 6.45) is 0. The highest BCUT2D eigenvalue weighted by Crippen LogP contribution is 2.52. The summed E-state index contributed by atoms with van der Waals surface area (Å²) in [4.78, 5) is 2.48. The Morgan fingerprint density at radius 3 is 1.81 bits per heavy atom. The third-order valence-corrected chi connectivity index (χ3v) is 13.8. The molecule has 0 atom stereocenters. The summed E-state index contributed by atoms with van der Waals surface area (Å²) < 4.78 is 9.38. The van der Waals surface area contributed by atoms with Gasteiger partial charge in [-0.1, -0.05) is 178 Å². The van der Waals surface area contributed by atoms with Gasteiger partial charge in [-0.15, -0.1) is 0 Å². The Morgan fingerprint density at radius 1 is 0.406 bits per heavy atom. The number of hydrogen-bond donors (Lipinski definition) is 0. The fourth-order valence-electron chi connectivity index (χ4n) is 10.8. The smallest absolute Gasteiger partial charge is 0.143 e. The number of fused-ring (bicyclic) bond motifs is 10. The first-order valence-electron chi connectivity index (χ1n) is 22.2. The maximum absolute atomic E-state index is 6.96. The zero-order valence-electron chi connectivity index (χ0n) is 35.6. The van der Waals surface area contributed by atoms with Crippen molar-refractivity contribution in [2.45, 2.75) is 19.3 Å². The molecule has 0 amide bonds. The predicted octanol–water partition coefficient (Wildman–Crippen LogP) is 16.9. The quantitative estimate of drug-likeness (QED) is 0.167. The number of anilines is 3. The molecule has 1 aliphatic carbocycles. The van der Waals surface area contributed by atoms with Crippen molar-refractivity contribution in [2.24, 2.45) is 0 Å². The van der Waals surface area contributed by atoms with Crippen molar-refractivity contribution in [3.05, 3.63) is 230 Å². The average molecular weight is 819 g/mol. The van der Waals surface area contributed by atoms with E-state index in [9.17, 15) is 0 Å². The van der Waals surface area contributed by atoms with Crippen LogP contribution in [0.5, 0.6) is 0 Å². The van der Waals surface area contributed by atoms with Gasteiger partial charge in [-0.2, -0.15) is 0 Å². The molecular weight excluding hydrogens is 777 g/mol. The first kappa shape index (κ1) is 36.5. The first-order valence-corrected chi connectivity index (χ1v) is 22.2. The van der Waals surface area contributed by atoms with Gasteiger partial charge in [0.2, 0.25) is 0 Å². The number of furan rings is 1. The summed E-state index contributed by atoms with van der Waals surface area (Å²) in [5.41, 5.74) is 18.1. The average Bonchev–Trinajstić information content (AvgIpc) is 3.97. The first-order chi connectivity index (χ1) is 31.5. The Hall–Kier alpha value is -8.14. The maximum Gasteiger partial charge on any atom is 0.143 e. The lowest BCUT2D eigenvalue weighted by Crippen LogP contribution is -2.15. The second kappa shape index (κ2) is 13.9. The van der Waals surface area contributed by atoms with Crippen molar-refractivity contribution in [1.82, 2.24) is 4.57 Å². The van der Waals surface area contributed by atoms with Crippen LogP contribution in [-0.2, 0) is 5.41 Å². The van der Waals surface area contributed by atoms with Crippen LogP contribution in [0.15, 0.2) is 223 Å². The molecule has 64 heavy (non-hydrogen) atoms. The van der Waals surface area contributed by atoms with Crippen molar-refractivity contribution < 1.29 is 4.42 Å². The number of aromatic nitrogens is 1. The van der Waals surface area contributed by atoms with Gasteiger partial charge in [0.25, 0.3) is 0 Å². The second-order valence-corrected chi connectivity index (χ2v) is 17.6. The normalized spacial score (nSPS) is 13.0. The summed E-state index contributed by atoms with van der Waals surface area (Å²) in [6, 6.07) is 79.7. The van der Waals surface area contributed by atoms with Gasteiger partial charge in [0, 0.05) is 54.7 Å². The molecule has 12 aromatic rings. The molecule has 10 aromatic carbocycles. The lowest BCUT2D eigenvalue weighted by Gasteiger charge is -2.30. The van der Waals surface area contributed by atoms with E-state index < -0.39 is 0 Å². The van der Waals surface area contributed by atoms with Gasteiger partial charge in [-0.05, 0) is 87.8 Å². The largest absolute Gasteiger partial charge is 0.455 e. The maximum atomic E-state index is 6.96. The van der Waals surface area contributed by atoms with E-state index in [2.05, 4.69) is 242 Å². The molecular formula is C61H42N2O. The molecule has 1 aliphatic rings. The van der Waals surface area contributed by atoms with Crippen LogP contribution in [-0.4, -0.2) is 4.57 Å². The van der Waals surface area contributed by atoms with Crippen LogP contribution < -0.4 is 4.90 Å². The highest BCUT2D eigenvalue weighted by atomic mass is 16.3. The summed E-state index contributed by atoms with van der Waals surface area (Å²) in [5, 5.41) is 6.98. The lowest BCUT2D eigenvalue weighted by atomic mass is 9.81. The minimum Gasteiger partial charge on any atom is -0.455 e. The van der Waals surface area contributed by atoms with E-state index in [0.717, 1.165) is 61.4 Å². The fourth-order valence-corrected chi connectivity index (χ4v) is 10.8. The Kier molecular flexibility index (Phi) is 7.95. The summed E-state index contributed by atoms with van der Waals surface area (Å²) >= 11 is 0. The molecule has 3 nitrogen and oxygen atoms in total. The molecule has 0 saturated heterocycles. The van der Waals surface area contributed by atoms with Crippen LogP contribution in [0.3, 0.4) is 0 Å². The molecule has 0 fully saturated rings. The zero-order valence-corrected chi connectivity index (χ0v) is 35.6. The fraction of sp³-hybridized carbons (Fsp3) is 0.0492. The molecule has 2 heterocycles. The second-order valence-electron chi connectivity index (χ2n) is 17.6. The monoisotopic (exact) mass is 818 g/mol. The highest BCUT2D eigenvalue weighted by Gasteiger charge is 2.35. The molecule has 13 rings (SSSR count). The Morgan fingerprint density at radius 2 is 1.00 bits per heavy atom. The number of nitrogens with zero attached hydrogens (tertiary/aromatic N) is 2. The van der Waals surface area contributed by atoms with Crippen molar-refractivity contribution >= 4 is 71.6 Å². The Bertz CT molecular complexity index is 3790. The SMILES string of the molecule is CC1(C)c2ccccc2-c2ccc(-c3ccccc3N(c3cc(-c4ccccc4-n4c5ccccc5c5ccccc54)c4oc5ccccc5c4c3)c3cccc4ccccc34)cc21. The number of benzene rings is 10. The Balaban J connectivity index is 1.10. The van der Waals surface area contributed by atoms with Crippen molar-refractivity contribution in [1.29, 1.82) is 0 Å². The van der Waals surface area contributed by atoms with Crippen molar-refractivity contribution in [2.75, 3.05) is 4.90 Å². The van der Waals surface area contributed by atoms with E-state index >= 15 is 0 Å². The van der Waals surface area contributed by atoms with Gasteiger partial charge >= 0.3 is 0 Å². The van der Waals surface area contributed by atoms with E-state index in [1.165, 1.54) is 60.4 Å². The highest BCUT2D eigenvalue weighted by molar-refractivity contribution is 6.14. The number of hydrogen-bond acceptors (Lipinski definition) is 2. The summed E-state index contributed by atoms with van der Waals surface area (Å²) in [5.74, 6) is 0. The standard InChI is InChI=1S/C61H42N2O/c1-61(2)52-27-11-5-22-44(52)45-35-34-40(36-53(45)61)43-21-6-12-28-54(43)62(55-32-17-19-39-18-3-4-20-42(39)55)41-37-50(60-51(38-41)49-26-10-16-33-59(49)64-60)48-25-9-15-31-58(48)63-56-29-13-7-23-46(56)47-24-8-14-30-57(47)63/h3-38H,1-2H3. The van der Waals surface area contributed by atoms with Gasteiger partial charge in [0.15, 0.2) is 0 Å². The van der Waals surface area contributed by atoms with Crippen molar-refractivity contribution in [3.63, 3.8) is 0 Å². The predicted molar refractivity (Wildman–Crippen MR) is 269 cm³/mol. The van der Waals surface area contributed by atoms with Gasteiger partial charge in [0.1, 0.15) is 11.2 Å². The van der Waals surface area contributed by atoms with Gasteiger partial charge in [0.05, 0.1) is 28.1 Å². The molecule has 0 saturated carbocycles. The van der Waals surface area contributed by atoms with E-state index in [0.29, 0.717) is 0 Å². The molecule has 0 bridgehead atoms. The minimum absolute atomic E-state index is 0.127. The van der Waals surface area contributed by atoms with E-state index in [-0.39, 0.29) is 5.41 Å². The molecule has 0 N–H and O–H groups in total. The minimum atomic E-state index is -0.127. The van der Waals surface area contributed by atoms with Crippen LogP contribution in [0.4, 0.5) is 17.1 Å². The van der Waals surface area contributed by atoms with Gasteiger partial charge < -0.3 is 13.9 Å². The zero-order chi connectivity index (χ0) is 42.5. The lowest BCUT2D eigenvalue weighted by molar-refractivity contribution is 0.660. The van der Waals surface area contributed by atoms with Crippen LogP contribution in [0.25, 0.3) is 93.6 Å². The van der Waals surface area contributed by atoms with Gasteiger partial charge in [-0.25, -0.2) is 0 Å². The summed E-state index contributed by atoms with van der Waals surface area (Å²) in [6.45, 7) is 4.72. The van der Waals surface area contributed by atoms with Crippen LogP contribution in [0.2, 0.25) is 0 Å². The topological polar surface area (TPSA) is 21.3 Å². The molecule has 0 spiro atoms. The third-order valence-electron chi connectivity index (χ3n) is 13.8. The van der Waals surface area contributed by atoms with Crippen LogP contribution >= 0.6 is 0 Å². The molecule has 2 aromatic heterocycles. The summed E-state index contributed by atoms with van der Waals surface area (Å²) in [7, 11) is 0. The molecule has 0 radical (unpaired) electrons. The molecule has 302 valence electrons. The van der Waals surface area contributed by atoms with E-state index in [4.69, 9.17) is 4.42 Å². The molecule has 0 aliphatic heterocycles. The van der Waals surface area contributed by atoms with E-state index in [1.54, 1.807) is 0 Å². The van der Waals surface area contributed by atoms with Gasteiger partial charge in [-0.3, -0.25) is 0 Å². The number of para-hydroxylation sites is 5. The van der Waals surface area contributed by atoms with Crippen LogP contribution in [0, 0.1) is 0 Å². The number of rotatable bonds is 6. The van der Waals surface area contributed by atoms with E-state index in [1.807, 2.05) is 0 Å². The molecule has 0 unspecified atom stereocenters. The van der Waals surface area contributed by atoms with Crippen LogP contribution in [0.1, 0.15) is 25.0 Å². The third kappa shape index (κ3) is 5.34.